The predicted molar refractivity (Wildman–Crippen MR) is 144 cm³/mol. The summed E-state index contributed by atoms with van der Waals surface area (Å²) >= 11 is 0. The van der Waals surface area contributed by atoms with Crippen LogP contribution in [0.3, 0.4) is 0 Å². The number of aliphatic imine (C=N–C) groups is 1. The lowest BCUT2D eigenvalue weighted by atomic mass is 10.1. The zero-order chi connectivity index (χ0) is 22.5. The van der Waals surface area contributed by atoms with Gasteiger partial charge >= 0.3 is 0 Å². The summed E-state index contributed by atoms with van der Waals surface area (Å²) in [6.07, 6.45) is 1.62. The lowest BCUT2D eigenvalue weighted by molar-refractivity contribution is -0.0705. The van der Waals surface area contributed by atoms with Crippen molar-refractivity contribution in [2.45, 2.75) is 52.5 Å². The van der Waals surface area contributed by atoms with Crippen LogP contribution in [-0.4, -0.2) is 88.0 Å². The van der Waals surface area contributed by atoms with Gasteiger partial charge in [0.25, 0.3) is 0 Å². The normalized spacial score (nSPS) is 19.6. The highest BCUT2D eigenvalue weighted by molar-refractivity contribution is 14.0. The first-order valence-electron chi connectivity index (χ1n) is 11.7. The number of nitrogens with zero attached hydrogens (tertiary/aromatic N) is 3. The van der Waals surface area contributed by atoms with E-state index >= 15 is 0 Å². The molecule has 1 fully saturated rings. The van der Waals surface area contributed by atoms with Crippen LogP contribution in [0, 0.1) is 0 Å². The summed E-state index contributed by atoms with van der Waals surface area (Å²) in [5.41, 5.74) is 2.63. The van der Waals surface area contributed by atoms with Crippen LogP contribution in [0.4, 0.5) is 0 Å². The highest BCUT2D eigenvalue weighted by atomic mass is 127. The smallest absolute Gasteiger partial charge is 0.191 e. The Bertz CT molecular complexity index is 651. The Kier molecular flexibility index (Phi) is 15.1. The number of halogens is 1. The van der Waals surface area contributed by atoms with Gasteiger partial charge in [0, 0.05) is 59.5 Å². The van der Waals surface area contributed by atoms with Crippen molar-refractivity contribution in [1.82, 2.24) is 20.4 Å². The monoisotopic (exact) mass is 561 g/mol. The Morgan fingerprint density at radius 3 is 2.50 bits per heavy atom. The molecule has 1 aromatic carbocycles. The largest absolute Gasteiger partial charge is 0.385 e. The molecule has 32 heavy (non-hydrogen) atoms. The first kappa shape index (κ1) is 29.1. The van der Waals surface area contributed by atoms with Crippen molar-refractivity contribution in [1.29, 1.82) is 0 Å². The van der Waals surface area contributed by atoms with Gasteiger partial charge in [-0.05, 0) is 45.4 Å². The van der Waals surface area contributed by atoms with E-state index in [1.165, 1.54) is 11.1 Å². The second-order valence-electron chi connectivity index (χ2n) is 8.49. The molecule has 1 aliphatic heterocycles. The van der Waals surface area contributed by atoms with Gasteiger partial charge in [-0.3, -0.25) is 4.90 Å². The Hall–Kier alpha value is -0.940. The molecule has 2 rings (SSSR count). The van der Waals surface area contributed by atoms with Crippen LogP contribution in [0.1, 0.15) is 38.3 Å². The summed E-state index contributed by atoms with van der Waals surface area (Å²) in [5, 5.41) is 6.83. The van der Waals surface area contributed by atoms with Crippen molar-refractivity contribution in [3.05, 3.63) is 35.4 Å². The molecule has 2 N–H and O–H groups in total. The number of nitrogens with one attached hydrogen (secondary N) is 2. The molecule has 2 unspecified atom stereocenters. The molecule has 0 spiro atoms. The number of morpholine rings is 1. The number of rotatable bonds is 12. The third-order valence-corrected chi connectivity index (χ3v) is 5.43. The van der Waals surface area contributed by atoms with Gasteiger partial charge in [0.2, 0.25) is 0 Å². The Labute approximate surface area is 212 Å². The average Bonchev–Trinajstić information content (AvgIpc) is 2.72. The molecule has 1 saturated heterocycles. The molecule has 0 saturated carbocycles. The number of hydrogen-bond acceptors (Lipinski definition) is 5. The first-order chi connectivity index (χ1) is 15.0. The van der Waals surface area contributed by atoms with Gasteiger partial charge < -0.3 is 25.0 Å². The van der Waals surface area contributed by atoms with Crippen LogP contribution in [0.2, 0.25) is 0 Å². The van der Waals surface area contributed by atoms with Crippen molar-refractivity contribution < 1.29 is 9.47 Å². The first-order valence-corrected chi connectivity index (χ1v) is 11.7. The van der Waals surface area contributed by atoms with Gasteiger partial charge in [-0.1, -0.05) is 24.3 Å². The maximum atomic E-state index is 5.88. The maximum Gasteiger partial charge on any atom is 0.191 e. The second-order valence-corrected chi connectivity index (χ2v) is 8.49. The van der Waals surface area contributed by atoms with E-state index in [1.807, 2.05) is 0 Å². The summed E-state index contributed by atoms with van der Waals surface area (Å²) in [4.78, 5) is 9.66. The van der Waals surface area contributed by atoms with Crippen molar-refractivity contribution in [2.75, 3.05) is 60.0 Å². The molecule has 2 atom stereocenters. The molecule has 7 nitrogen and oxygen atoms in total. The molecular weight excluding hydrogens is 517 g/mol. The highest BCUT2D eigenvalue weighted by Crippen LogP contribution is 2.17. The van der Waals surface area contributed by atoms with Crippen LogP contribution in [-0.2, 0) is 22.6 Å². The van der Waals surface area contributed by atoms with Gasteiger partial charge in [-0.25, -0.2) is 4.99 Å². The summed E-state index contributed by atoms with van der Waals surface area (Å²) in [6, 6.07) is 8.65. The SMILES string of the molecule is CCNC(=NCc1ccccc1CN1CC(C)OC(C)C1)NCCN(C)CCCOC.I. The van der Waals surface area contributed by atoms with E-state index in [0.29, 0.717) is 6.54 Å². The number of guanidine groups is 1. The number of ether oxygens (including phenoxy) is 2. The molecule has 184 valence electrons. The van der Waals surface area contributed by atoms with E-state index in [4.69, 9.17) is 14.5 Å². The molecule has 1 aliphatic rings. The molecule has 1 aromatic rings. The molecule has 0 radical (unpaired) electrons. The predicted octanol–water partition coefficient (Wildman–Crippen LogP) is 2.94. The van der Waals surface area contributed by atoms with E-state index in [2.05, 4.69) is 72.5 Å². The number of likely N-dealkylation sites (N-methyl/N-ethyl adjacent to an activating group) is 1. The van der Waals surface area contributed by atoms with Crippen molar-refractivity contribution in [2.24, 2.45) is 4.99 Å². The van der Waals surface area contributed by atoms with E-state index < -0.39 is 0 Å². The molecule has 0 amide bonds. The van der Waals surface area contributed by atoms with Gasteiger partial charge in [0.05, 0.1) is 18.8 Å². The third-order valence-electron chi connectivity index (χ3n) is 5.43. The van der Waals surface area contributed by atoms with Gasteiger partial charge in [-0.15, -0.1) is 24.0 Å². The Morgan fingerprint density at radius 1 is 1.16 bits per heavy atom. The minimum absolute atomic E-state index is 0. The lowest BCUT2D eigenvalue weighted by Gasteiger charge is -2.35. The summed E-state index contributed by atoms with van der Waals surface area (Å²) in [5.74, 6) is 0.871. The molecule has 0 aromatic heterocycles. The van der Waals surface area contributed by atoms with Crippen LogP contribution >= 0.6 is 24.0 Å². The third kappa shape index (κ3) is 11.3. The summed E-state index contributed by atoms with van der Waals surface area (Å²) < 4.78 is 11.0. The lowest BCUT2D eigenvalue weighted by Crippen LogP contribution is -2.44. The fraction of sp³-hybridized carbons (Fsp3) is 0.708. The maximum absolute atomic E-state index is 5.88. The Morgan fingerprint density at radius 2 is 1.84 bits per heavy atom. The molecule has 1 heterocycles. The van der Waals surface area contributed by atoms with Crippen LogP contribution in [0.5, 0.6) is 0 Å². The molecular formula is C24H44IN5O2. The molecule has 0 bridgehead atoms. The zero-order valence-electron chi connectivity index (χ0n) is 20.6. The number of benzene rings is 1. The van der Waals surface area contributed by atoms with E-state index in [0.717, 1.165) is 64.8 Å². The van der Waals surface area contributed by atoms with Gasteiger partial charge in [0.15, 0.2) is 5.96 Å². The van der Waals surface area contributed by atoms with Gasteiger partial charge in [-0.2, -0.15) is 0 Å². The van der Waals surface area contributed by atoms with Crippen molar-refractivity contribution in [3.8, 4) is 0 Å². The van der Waals surface area contributed by atoms with Crippen molar-refractivity contribution >= 4 is 29.9 Å². The summed E-state index contributed by atoms with van der Waals surface area (Å²) in [6.45, 7) is 14.5. The quantitative estimate of drug-likeness (QED) is 0.177. The van der Waals surface area contributed by atoms with Crippen LogP contribution in [0.15, 0.2) is 29.3 Å². The zero-order valence-corrected chi connectivity index (χ0v) is 22.9. The van der Waals surface area contributed by atoms with E-state index in [-0.39, 0.29) is 36.2 Å². The summed E-state index contributed by atoms with van der Waals surface area (Å²) in [7, 11) is 3.89. The fourth-order valence-electron chi connectivity index (χ4n) is 3.98. The molecule has 0 aliphatic carbocycles. The minimum Gasteiger partial charge on any atom is -0.385 e. The highest BCUT2D eigenvalue weighted by Gasteiger charge is 2.22. The Balaban J connectivity index is 0.00000512. The van der Waals surface area contributed by atoms with Gasteiger partial charge in [0.1, 0.15) is 0 Å². The van der Waals surface area contributed by atoms with E-state index in [1.54, 1.807) is 7.11 Å². The van der Waals surface area contributed by atoms with Crippen LogP contribution in [0.25, 0.3) is 0 Å². The number of hydrogen-bond donors (Lipinski definition) is 2. The minimum atomic E-state index is 0. The molecule has 8 heteroatoms. The second kappa shape index (κ2) is 16.6. The van der Waals surface area contributed by atoms with Crippen molar-refractivity contribution in [3.63, 3.8) is 0 Å². The fourth-order valence-corrected chi connectivity index (χ4v) is 3.98. The van der Waals surface area contributed by atoms with Crippen LogP contribution < -0.4 is 10.6 Å². The van der Waals surface area contributed by atoms with E-state index in [9.17, 15) is 0 Å². The topological polar surface area (TPSA) is 61.4 Å². The standard InChI is InChI=1S/C24H43N5O2.HI/c1-6-25-24(26-12-14-28(4)13-9-15-30-5)27-16-22-10-7-8-11-23(22)19-29-17-20(2)31-21(3)18-29;/h7-8,10-11,20-21H,6,9,12-19H2,1-5H3,(H2,25,26,27);1H. The number of methoxy groups -OCH3 is 1. The average molecular weight is 562 g/mol.